The summed E-state index contributed by atoms with van der Waals surface area (Å²) >= 11 is 0. The molecule has 0 amide bonds. The third-order valence-electron chi connectivity index (χ3n) is 6.08. The Morgan fingerprint density at radius 2 is 2.09 bits per heavy atom. The van der Waals surface area contributed by atoms with E-state index in [-0.39, 0.29) is 35.2 Å². The number of hydrogen-bond acceptors (Lipinski definition) is 6. The van der Waals surface area contributed by atoms with Crippen molar-refractivity contribution in [3.63, 3.8) is 0 Å². The largest absolute Gasteiger partial charge is 0.573 e. The lowest BCUT2D eigenvalue weighted by Gasteiger charge is -2.09. The first-order valence-corrected chi connectivity index (χ1v) is 10.6. The number of rotatable bonds is 5. The molecule has 1 N–H and O–H groups in total. The molecule has 1 atom stereocenters. The molecule has 1 aliphatic heterocycles. The summed E-state index contributed by atoms with van der Waals surface area (Å²) in [5.74, 6) is -1.31. The molecular weight excluding hydrogens is 465 g/mol. The van der Waals surface area contributed by atoms with E-state index in [0.717, 1.165) is 47.3 Å². The van der Waals surface area contributed by atoms with Gasteiger partial charge in [-0.3, -0.25) is 4.79 Å². The van der Waals surface area contributed by atoms with Crippen molar-refractivity contribution < 1.29 is 32.3 Å². The van der Waals surface area contributed by atoms with Crippen molar-refractivity contribution in [1.29, 1.82) is 5.26 Å². The highest BCUT2D eigenvalue weighted by Gasteiger charge is 2.32. The number of nitriles is 1. The van der Waals surface area contributed by atoms with Crippen molar-refractivity contribution >= 4 is 16.9 Å². The van der Waals surface area contributed by atoms with E-state index in [2.05, 4.69) is 19.4 Å². The van der Waals surface area contributed by atoms with E-state index in [4.69, 9.17) is 9.78 Å². The number of aryl methyl sites for hydroxylation is 2. The zero-order valence-corrected chi connectivity index (χ0v) is 18.3. The first-order valence-electron chi connectivity index (χ1n) is 10.6. The van der Waals surface area contributed by atoms with Crippen LogP contribution in [0.4, 0.5) is 13.2 Å². The lowest BCUT2D eigenvalue weighted by atomic mass is 9.96. The maximum Gasteiger partial charge on any atom is 0.573 e. The van der Waals surface area contributed by atoms with E-state index in [1.54, 1.807) is 12.1 Å². The molecule has 0 saturated heterocycles. The average Bonchev–Trinajstić information content (AvgIpc) is 3.49. The van der Waals surface area contributed by atoms with E-state index in [9.17, 15) is 23.1 Å². The normalized spacial score (nSPS) is 15.2. The van der Waals surface area contributed by atoms with Crippen molar-refractivity contribution in [2.24, 2.45) is 0 Å². The fourth-order valence-electron chi connectivity index (χ4n) is 4.72. The summed E-state index contributed by atoms with van der Waals surface area (Å²) in [5.41, 5.74) is 3.66. The molecule has 8 nitrogen and oxygen atoms in total. The Kier molecular flexibility index (Phi) is 5.24. The molecule has 0 unspecified atom stereocenters. The maximum absolute atomic E-state index is 12.7. The molecule has 2 aromatic heterocycles. The average molecular weight is 482 g/mol. The van der Waals surface area contributed by atoms with Crippen LogP contribution in [-0.2, 0) is 11.3 Å². The summed E-state index contributed by atoms with van der Waals surface area (Å²) in [7, 11) is 0. The smallest absolute Gasteiger partial charge is 0.481 e. The number of alkyl halides is 3. The molecular formula is C24H17F3N4O4. The molecule has 0 bridgehead atoms. The zero-order chi connectivity index (χ0) is 24.9. The van der Waals surface area contributed by atoms with Crippen molar-refractivity contribution in [1.82, 2.24) is 14.7 Å². The number of carboxylic acids is 1. The minimum absolute atomic E-state index is 0.0550. The Balaban J connectivity index is 1.51. The number of ether oxygens (including phenoxy) is 1. The Bertz CT molecular complexity index is 1510. The molecule has 5 rings (SSSR count). The Morgan fingerprint density at radius 3 is 2.80 bits per heavy atom. The Morgan fingerprint density at radius 1 is 1.29 bits per heavy atom. The lowest BCUT2D eigenvalue weighted by Crippen LogP contribution is -2.17. The second kappa shape index (κ2) is 8.16. The number of carboxylic acid groups (broad SMARTS) is 1. The van der Waals surface area contributed by atoms with Gasteiger partial charge in [0.25, 0.3) is 5.89 Å². The van der Waals surface area contributed by atoms with Crippen LogP contribution in [0.3, 0.4) is 0 Å². The van der Waals surface area contributed by atoms with Crippen LogP contribution in [0.15, 0.2) is 40.9 Å². The predicted molar refractivity (Wildman–Crippen MR) is 116 cm³/mol. The van der Waals surface area contributed by atoms with Crippen molar-refractivity contribution in [3.05, 3.63) is 53.2 Å². The van der Waals surface area contributed by atoms with Crippen molar-refractivity contribution in [3.8, 4) is 34.7 Å². The van der Waals surface area contributed by atoms with Gasteiger partial charge >= 0.3 is 12.3 Å². The molecule has 11 heteroatoms. The van der Waals surface area contributed by atoms with Gasteiger partial charge in [0.05, 0.1) is 18.1 Å². The molecule has 0 radical (unpaired) electrons. The first-order chi connectivity index (χ1) is 16.6. The highest BCUT2D eigenvalue weighted by Crippen LogP contribution is 2.40. The van der Waals surface area contributed by atoms with Crippen molar-refractivity contribution in [2.45, 2.75) is 38.6 Å². The molecule has 178 valence electrons. The Hall–Kier alpha value is -4.33. The van der Waals surface area contributed by atoms with Gasteiger partial charge in [0, 0.05) is 40.2 Å². The number of nitrogens with zero attached hydrogens (tertiary/aromatic N) is 4. The van der Waals surface area contributed by atoms with Crippen molar-refractivity contribution in [2.75, 3.05) is 0 Å². The van der Waals surface area contributed by atoms with Gasteiger partial charge in [-0.15, -0.1) is 13.2 Å². The molecule has 3 heterocycles. The van der Waals surface area contributed by atoms with Gasteiger partial charge < -0.3 is 18.9 Å². The first kappa shape index (κ1) is 22.5. The number of aromatic nitrogens is 3. The van der Waals surface area contributed by atoms with Gasteiger partial charge in [-0.2, -0.15) is 10.2 Å². The fraction of sp³-hybridized carbons (Fsp3) is 0.250. The SMILES string of the molecule is Cc1c2n(c3ccc(-c4noc(-c5cc(C#N)cc(OC(F)(F)F)c5)n4)cc13)CC[C@H]2CC(=O)O. The number of hydrogen-bond donors (Lipinski definition) is 1. The monoisotopic (exact) mass is 482 g/mol. The summed E-state index contributed by atoms with van der Waals surface area (Å²) in [6, 6.07) is 10.7. The Labute approximate surface area is 196 Å². The minimum atomic E-state index is -4.92. The predicted octanol–water partition coefficient (Wildman–Crippen LogP) is 5.40. The van der Waals surface area contributed by atoms with E-state index in [0.29, 0.717) is 5.56 Å². The highest BCUT2D eigenvalue weighted by molar-refractivity contribution is 5.89. The van der Waals surface area contributed by atoms with Gasteiger partial charge in [-0.25, -0.2) is 0 Å². The van der Waals surface area contributed by atoms with E-state index >= 15 is 0 Å². The molecule has 0 fully saturated rings. The second-order valence-corrected chi connectivity index (χ2v) is 8.31. The second-order valence-electron chi connectivity index (χ2n) is 8.31. The number of benzene rings is 2. The molecule has 35 heavy (non-hydrogen) atoms. The van der Waals surface area contributed by atoms with Gasteiger partial charge in [0.2, 0.25) is 5.82 Å². The molecule has 2 aromatic carbocycles. The third kappa shape index (κ3) is 4.19. The summed E-state index contributed by atoms with van der Waals surface area (Å²) in [6.45, 7) is 2.69. The van der Waals surface area contributed by atoms with Crippen LogP contribution < -0.4 is 4.74 Å². The number of aliphatic carboxylic acids is 1. The minimum Gasteiger partial charge on any atom is -0.481 e. The quantitative estimate of drug-likeness (QED) is 0.405. The fourth-order valence-corrected chi connectivity index (χ4v) is 4.72. The standard InChI is InChI=1S/C24H17F3N4O4/c1-12-18-9-15(2-3-19(18)31-5-4-14(21(12)31)10-20(32)33)22-29-23(35-30-22)16-6-13(11-28)7-17(8-16)34-24(25,26)27/h2-3,6-9,14H,4-5,10H2,1H3,(H,32,33)/t14-/m0/s1. The summed E-state index contributed by atoms with van der Waals surface area (Å²) in [4.78, 5) is 15.6. The van der Waals surface area contributed by atoms with Gasteiger partial charge in [0.15, 0.2) is 0 Å². The lowest BCUT2D eigenvalue weighted by molar-refractivity contribution is -0.274. The van der Waals surface area contributed by atoms with Crippen LogP contribution in [0.2, 0.25) is 0 Å². The number of carbonyl (C=O) groups is 1. The van der Waals surface area contributed by atoms with Crippen LogP contribution in [0, 0.1) is 18.3 Å². The number of halogens is 3. The number of fused-ring (bicyclic) bond motifs is 3. The van der Waals surface area contributed by atoms with E-state index < -0.39 is 18.1 Å². The zero-order valence-electron chi connectivity index (χ0n) is 18.3. The van der Waals surface area contributed by atoms with Gasteiger partial charge in [-0.05, 0) is 55.3 Å². The van der Waals surface area contributed by atoms with E-state index in [1.165, 1.54) is 6.07 Å². The van der Waals surface area contributed by atoms with Gasteiger partial charge in [-0.1, -0.05) is 5.16 Å². The third-order valence-corrected chi connectivity index (χ3v) is 6.08. The summed E-state index contributed by atoms with van der Waals surface area (Å²) in [5, 5.41) is 23.3. The van der Waals surface area contributed by atoms with Crippen LogP contribution in [0.5, 0.6) is 5.75 Å². The van der Waals surface area contributed by atoms with E-state index in [1.807, 2.05) is 19.1 Å². The molecule has 1 aliphatic rings. The highest BCUT2D eigenvalue weighted by atomic mass is 19.4. The molecule has 4 aromatic rings. The molecule has 0 aliphatic carbocycles. The van der Waals surface area contributed by atoms with Crippen LogP contribution in [0.25, 0.3) is 33.7 Å². The van der Waals surface area contributed by atoms with Crippen LogP contribution >= 0.6 is 0 Å². The maximum atomic E-state index is 12.7. The topological polar surface area (TPSA) is 114 Å². The molecule has 0 spiro atoms. The summed E-state index contributed by atoms with van der Waals surface area (Å²) in [6.07, 6.45) is -4.07. The van der Waals surface area contributed by atoms with Crippen LogP contribution in [-0.4, -0.2) is 32.1 Å². The van der Waals surface area contributed by atoms with Gasteiger partial charge in [0.1, 0.15) is 5.75 Å². The molecule has 0 saturated carbocycles. The summed E-state index contributed by atoms with van der Waals surface area (Å²) < 4.78 is 49.3. The van der Waals surface area contributed by atoms with Crippen LogP contribution in [0.1, 0.15) is 35.6 Å².